The smallest absolute Gasteiger partial charge is 0.133 e. The lowest BCUT2D eigenvalue weighted by atomic mass is 10.1. The van der Waals surface area contributed by atoms with E-state index < -0.39 is 0 Å². The number of pyridine rings is 1. The maximum atomic E-state index is 5.84. The summed E-state index contributed by atoms with van der Waals surface area (Å²) in [6, 6.07) is 10.0. The first-order chi connectivity index (χ1) is 9.65. The molecule has 0 atom stereocenters. The molecule has 0 radical (unpaired) electrons. The van der Waals surface area contributed by atoms with Crippen molar-refractivity contribution in [2.45, 2.75) is 20.0 Å². The number of rotatable bonds is 5. The van der Waals surface area contributed by atoms with Crippen LogP contribution in [0.25, 0.3) is 0 Å². The van der Waals surface area contributed by atoms with Crippen molar-refractivity contribution >= 4 is 5.82 Å². The van der Waals surface area contributed by atoms with E-state index in [2.05, 4.69) is 22.9 Å². The molecule has 0 aliphatic carbocycles. The first-order valence-electron chi connectivity index (χ1n) is 6.64. The Balaban J connectivity index is 2.23. The van der Waals surface area contributed by atoms with Crippen molar-refractivity contribution in [2.24, 2.45) is 5.73 Å². The van der Waals surface area contributed by atoms with Crippen LogP contribution in [0.3, 0.4) is 0 Å². The fourth-order valence-electron chi connectivity index (χ4n) is 2.28. The average molecular weight is 271 g/mol. The molecule has 2 rings (SSSR count). The zero-order valence-corrected chi connectivity index (χ0v) is 12.3. The normalized spacial score (nSPS) is 10.4. The van der Waals surface area contributed by atoms with Crippen LogP contribution in [0.15, 0.2) is 36.5 Å². The number of aromatic nitrogens is 1. The van der Waals surface area contributed by atoms with Crippen LogP contribution in [-0.2, 0) is 13.1 Å². The molecule has 4 nitrogen and oxygen atoms in total. The molecule has 0 unspecified atom stereocenters. The van der Waals surface area contributed by atoms with Crippen molar-refractivity contribution in [3.63, 3.8) is 0 Å². The zero-order chi connectivity index (χ0) is 14.5. The van der Waals surface area contributed by atoms with Crippen LogP contribution in [0.4, 0.5) is 5.82 Å². The van der Waals surface area contributed by atoms with E-state index in [4.69, 9.17) is 10.5 Å². The largest absolute Gasteiger partial charge is 0.497 e. The molecule has 2 aromatic rings. The lowest BCUT2D eigenvalue weighted by Crippen LogP contribution is -2.21. The second-order valence-electron chi connectivity index (χ2n) is 4.84. The van der Waals surface area contributed by atoms with E-state index in [1.54, 1.807) is 7.11 Å². The average Bonchev–Trinajstić information content (AvgIpc) is 2.47. The van der Waals surface area contributed by atoms with Gasteiger partial charge in [0.1, 0.15) is 11.6 Å². The minimum atomic E-state index is 0.497. The number of methoxy groups -OCH3 is 1. The lowest BCUT2D eigenvalue weighted by molar-refractivity contribution is 0.414. The summed E-state index contributed by atoms with van der Waals surface area (Å²) in [4.78, 5) is 6.58. The minimum Gasteiger partial charge on any atom is -0.497 e. The molecule has 0 aliphatic rings. The summed E-state index contributed by atoms with van der Waals surface area (Å²) in [6.07, 6.45) is 1.83. The number of benzene rings is 1. The number of nitrogens with two attached hydrogens (primary N) is 1. The third-order valence-electron chi connectivity index (χ3n) is 3.39. The van der Waals surface area contributed by atoms with Gasteiger partial charge in [0, 0.05) is 31.9 Å². The van der Waals surface area contributed by atoms with Crippen LogP contribution in [-0.4, -0.2) is 19.1 Å². The van der Waals surface area contributed by atoms with Gasteiger partial charge in [0.15, 0.2) is 0 Å². The van der Waals surface area contributed by atoms with Crippen LogP contribution in [0.5, 0.6) is 5.75 Å². The molecule has 0 bridgehead atoms. The second-order valence-corrected chi connectivity index (χ2v) is 4.84. The highest BCUT2D eigenvalue weighted by Crippen LogP contribution is 2.22. The first-order valence-corrected chi connectivity index (χ1v) is 6.64. The van der Waals surface area contributed by atoms with Gasteiger partial charge in [-0.3, -0.25) is 0 Å². The molecule has 1 aromatic heterocycles. The summed E-state index contributed by atoms with van der Waals surface area (Å²) in [5.41, 5.74) is 9.29. The summed E-state index contributed by atoms with van der Waals surface area (Å²) in [6.45, 7) is 3.32. The van der Waals surface area contributed by atoms with Gasteiger partial charge in [-0.2, -0.15) is 0 Å². The van der Waals surface area contributed by atoms with Crippen molar-refractivity contribution < 1.29 is 4.74 Å². The minimum absolute atomic E-state index is 0.497. The van der Waals surface area contributed by atoms with E-state index in [9.17, 15) is 0 Å². The quantitative estimate of drug-likeness (QED) is 0.907. The molecule has 0 fully saturated rings. The van der Waals surface area contributed by atoms with Gasteiger partial charge >= 0.3 is 0 Å². The van der Waals surface area contributed by atoms with Crippen LogP contribution >= 0.6 is 0 Å². The number of hydrogen-bond donors (Lipinski definition) is 1. The first kappa shape index (κ1) is 14.3. The molecule has 2 N–H and O–H groups in total. The SMILES string of the molecule is COc1cccc(CN(C)c2nccc(C)c2CN)c1. The van der Waals surface area contributed by atoms with Crippen LogP contribution in [0.1, 0.15) is 16.7 Å². The third kappa shape index (κ3) is 3.08. The van der Waals surface area contributed by atoms with E-state index in [1.807, 2.05) is 37.5 Å². The summed E-state index contributed by atoms with van der Waals surface area (Å²) in [7, 11) is 3.71. The Bertz CT molecular complexity index is 584. The summed E-state index contributed by atoms with van der Waals surface area (Å²) in [5.74, 6) is 1.81. The van der Waals surface area contributed by atoms with Gasteiger partial charge < -0.3 is 15.4 Å². The summed E-state index contributed by atoms with van der Waals surface area (Å²) in [5, 5.41) is 0. The zero-order valence-electron chi connectivity index (χ0n) is 12.3. The monoisotopic (exact) mass is 271 g/mol. The molecular weight excluding hydrogens is 250 g/mol. The van der Waals surface area contributed by atoms with Gasteiger partial charge in [0.05, 0.1) is 7.11 Å². The fraction of sp³-hybridized carbons (Fsp3) is 0.312. The Morgan fingerprint density at radius 2 is 2.10 bits per heavy atom. The molecule has 20 heavy (non-hydrogen) atoms. The maximum Gasteiger partial charge on any atom is 0.133 e. The van der Waals surface area contributed by atoms with Crippen LogP contribution in [0.2, 0.25) is 0 Å². The van der Waals surface area contributed by atoms with Crippen LogP contribution in [0, 0.1) is 6.92 Å². The van der Waals surface area contributed by atoms with E-state index in [0.29, 0.717) is 6.54 Å². The topological polar surface area (TPSA) is 51.4 Å². The Labute approximate surface area is 120 Å². The van der Waals surface area contributed by atoms with Crippen molar-refractivity contribution in [2.75, 3.05) is 19.1 Å². The summed E-state index contributed by atoms with van der Waals surface area (Å²) >= 11 is 0. The van der Waals surface area contributed by atoms with Crippen molar-refractivity contribution in [1.82, 2.24) is 4.98 Å². The lowest BCUT2D eigenvalue weighted by Gasteiger charge is -2.22. The highest BCUT2D eigenvalue weighted by molar-refractivity contribution is 5.50. The molecule has 106 valence electrons. The van der Waals surface area contributed by atoms with Gasteiger partial charge in [-0.25, -0.2) is 4.98 Å². The molecule has 1 aromatic carbocycles. The van der Waals surface area contributed by atoms with E-state index in [-0.39, 0.29) is 0 Å². The van der Waals surface area contributed by atoms with Crippen molar-refractivity contribution in [1.29, 1.82) is 0 Å². The standard InChI is InChI=1S/C16H21N3O/c1-12-7-8-18-16(15(12)10-17)19(2)11-13-5-4-6-14(9-13)20-3/h4-9H,10-11,17H2,1-3H3. The molecule has 0 amide bonds. The number of anilines is 1. The van der Waals surface area contributed by atoms with Crippen LogP contribution < -0.4 is 15.4 Å². The van der Waals surface area contributed by atoms with Gasteiger partial charge in [-0.05, 0) is 36.2 Å². The second kappa shape index (κ2) is 6.39. The molecule has 0 saturated heterocycles. The van der Waals surface area contributed by atoms with Crippen molar-refractivity contribution in [3.05, 3.63) is 53.2 Å². The molecule has 0 saturated carbocycles. The number of aryl methyl sites for hydroxylation is 1. The Kier molecular flexibility index (Phi) is 4.58. The molecule has 0 spiro atoms. The predicted octanol–water partition coefficient (Wildman–Crippen LogP) is 2.49. The van der Waals surface area contributed by atoms with E-state index in [0.717, 1.165) is 23.7 Å². The number of ether oxygens (including phenoxy) is 1. The molecular formula is C16H21N3O. The molecule has 0 aliphatic heterocycles. The van der Waals surface area contributed by atoms with E-state index in [1.165, 1.54) is 11.1 Å². The van der Waals surface area contributed by atoms with Gasteiger partial charge in [-0.15, -0.1) is 0 Å². The van der Waals surface area contributed by atoms with Gasteiger partial charge in [0.2, 0.25) is 0 Å². The number of nitrogens with zero attached hydrogens (tertiary/aromatic N) is 2. The predicted molar refractivity (Wildman–Crippen MR) is 82.0 cm³/mol. The highest BCUT2D eigenvalue weighted by Gasteiger charge is 2.10. The summed E-state index contributed by atoms with van der Waals surface area (Å²) < 4.78 is 5.25. The molecule has 4 heteroatoms. The van der Waals surface area contributed by atoms with Crippen molar-refractivity contribution in [3.8, 4) is 5.75 Å². The Hall–Kier alpha value is -2.07. The van der Waals surface area contributed by atoms with E-state index >= 15 is 0 Å². The maximum absolute atomic E-state index is 5.84. The highest BCUT2D eigenvalue weighted by atomic mass is 16.5. The van der Waals surface area contributed by atoms with Gasteiger partial charge in [0.25, 0.3) is 0 Å². The Morgan fingerprint density at radius 1 is 1.30 bits per heavy atom. The number of hydrogen-bond acceptors (Lipinski definition) is 4. The fourth-order valence-corrected chi connectivity index (χ4v) is 2.28. The Morgan fingerprint density at radius 3 is 2.80 bits per heavy atom. The third-order valence-corrected chi connectivity index (χ3v) is 3.39. The molecule has 1 heterocycles. The van der Waals surface area contributed by atoms with Gasteiger partial charge in [-0.1, -0.05) is 12.1 Å².